The van der Waals surface area contributed by atoms with Gasteiger partial charge >= 0.3 is 0 Å². The summed E-state index contributed by atoms with van der Waals surface area (Å²) in [6.07, 6.45) is 0.578. The first-order valence-electron chi connectivity index (χ1n) is 12.3. The Morgan fingerprint density at radius 3 is 1.89 bits per heavy atom. The van der Waals surface area contributed by atoms with Crippen molar-refractivity contribution in [2.45, 2.75) is 37.8 Å². The fraction of sp³-hybridized carbons (Fsp3) is 0.345. The molecule has 4 nitrogen and oxygen atoms in total. The number of halogens is 4. The van der Waals surface area contributed by atoms with Crippen molar-refractivity contribution in [3.05, 3.63) is 105 Å². The van der Waals surface area contributed by atoms with E-state index in [-0.39, 0.29) is 17.9 Å². The quantitative estimate of drug-likeness (QED) is 0.330. The molecule has 0 saturated carbocycles. The Kier molecular flexibility index (Phi) is 8.54. The Morgan fingerprint density at radius 1 is 0.946 bits per heavy atom. The number of carbonyl (C=O) groups excluding carboxylic acids is 1. The van der Waals surface area contributed by atoms with Crippen LogP contribution in [-0.2, 0) is 4.79 Å². The zero-order chi connectivity index (χ0) is 26.7. The van der Waals surface area contributed by atoms with Crippen molar-refractivity contribution in [3.63, 3.8) is 0 Å². The molecule has 1 atom stereocenters. The molecule has 1 heterocycles. The lowest BCUT2D eigenvalue weighted by Crippen LogP contribution is -2.53. The van der Waals surface area contributed by atoms with Crippen molar-refractivity contribution in [2.24, 2.45) is 11.7 Å². The molecule has 3 aromatic carbocycles. The van der Waals surface area contributed by atoms with Gasteiger partial charge in [-0.2, -0.15) is 0 Å². The molecule has 0 aliphatic carbocycles. The third-order valence-corrected chi connectivity index (χ3v) is 7.25. The molecule has 3 N–H and O–H groups in total. The molecule has 0 radical (unpaired) electrons. The van der Waals surface area contributed by atoms with Crippen LogP contribution in [0, 0.1) is 17.6 Å². The SMILES string of the molecule is CC(C)(N)CCNC(=O)[C@H](c1cc(F)cc(F)c1)C1CN(C(c2ccc(Cl)cc2)c2ccc(Cl)cc2)C1. The molecular weight excluding hydrogens is 515 g/mol. The molecule has 0 aromatic heterocycles. The molecule has 8 heteroatoms. The van der Waals surface area contributed by atoms with Gasteiger partial charge in [-0.15, -0.1) is 0 Å². The number of carbonyl (C=O) groups is 1. The molecule has 0 spiro atoms. The van der Waals surface area contributed by atoms with E-state index >= 15 is 0 Å². The largest absolute Gasteiger partial charge is 0.355 e. The van der Waals surface area contributed by atoms with Gasteiger partial charge in [-0.3, -0.25) is 9.69 Å². The van der Waals surface area contributed by atoms with E-state index in [1.165, 1.54) is 12.1 Å². The summed E-state index contributed by atoms with van der Waals surface area (Å²) in [6.45, 7) is 5.28. The van der Waals surface area contributed by atoms with Gasteiger partial charge in [0.05, 0.1) is 12.0 Å². The maximum atomic E-state index is 14.1. The molecule has 3 aromatic rings. The van der Waals surface area contributed by atoms with Gasteiger partial charge in [-0.25, -0.2) is 8.78 Å². The van der Waals surface area contributed by atoms with Crippen LogP contribution in [0.1, 0.15) is 48.9 Å². The van der Waals surface area contributed by atoms with E-state index in [9.17, 15) is 13.6 Å². The number of benzene rings is 3. The average molecular weight is 546 g/mol. The topological polar surface area (TPSA) is 58.4 Å². The summed E-state index contributed by atoms with van der Waals surface area (Å²) in [5, 5.41) is 4.22. The van der Waals surface area contributed by atoms with Gasteiger partial charge in [0.25, 0.3) is 0 Å². The number of hydrogen-bond acceptors (Lipinski definition) is 3. The van der Waals surface area contributed by atoms with Crippen LogP contribution in [0.4, 0.5) is 8.78 Å². The summed E-state index contributed by atoms with van der Waals surface area (Å²) in [5.41, 5.74) is 8.05. The van der Waals surface area contributed by atoms with Crippen LogP contribution in [0.3, 0.4) is 0 Å². The Bertz CT molecular complexity index is 1160. The van der Waals surface area contributed by atoms with Gasteiger partial charge in [0.15, 0.2) is 0 Å². The van der Waals surface area contributed by atoms with Crippen LogP contribution >= 0.6 is 23.2 Å². The van der Waals surface area contributed by atoms with Gasteiger partial charge in [0.1, 0.15) is 11.6 Å². The highest BCUT2D eigenvalue weighted by Gasteiger charge is 2.42. The summed E-state index contributed by atoms with van der Waals surface area (Å²) < 4.78 is 28.3. The minimum absolute atomic E-state index is 0.0863. The van der Waals surface area contributed by atoms with Crippen LogP contribution in [0.5, 0.6) is 0 Å². The maximum Gasteiger partial charge on any atom is 0.227 e. The van der Waals surface area contributed by atoms with Gasteiger partial charge in [-0.05, 0) is 73.4 Å². The summed E-state index contributed by atoms with van der Waals surface area (Å²) >= 11 is 12.3. The molecule has 1 fully saturated rings. The summed E-state index contributed by atoms with van der Waals surface area (Å²) in [4.78, 5) is 15.6. The van der Waals surface area contributed by atoms with Crippen LogP contribution in [0.15, 0.2) is 66.7 Å². The van der Waals surface area contributed by atoms with Crippen LogP contribution in [-0.4, -0.2) is 36.0 Å². The van der Waals surface area contributed by atoms with Gasteiger partial charge in [-0.1, -0.05) is 47.5 Å². The molecule has 1 aliphatic heterocycles. The molecule has 0 unspecified atom stereocenters. The van der Waals surface area contributed by atoms with E-state index in [1.54, 1.807) is 0 Å². The van der Waals surface area contributed by atoms with E-state index in [2.05, 4.69) is 10.2 Å². The number of hydrogen-bond donors (Lipinski definition) is 2. The molecule has 196 valence electrons. The normalized spacial score (nSPS) is 15.5. The van der Waals surface area contributed by atoms with E-state index in [1.807, 2.05) is 62.4 Å². The van der Waals surface area contributed by atoms with Crippen molar-refractivity contribution < 1.29 is 13.6 Å². The smallest absolute Gasteiger partial charge is 0.227 e. The first kappa shape index (κ1) is 27.5. The van der Waals surface area contributed by atoms with Crippen molar-refractivity contribution in [2.75, 3.05) is 19.6 Å². The van der Waals surface area contributed by atoms with Gasteiger partial charge < -0.3 is 11.1 Å². The minimum atomic E-state index is -0.702. The predicted molar refractivity (Wildman–Crippen MR) is 145 cm³/mol. The number of amides is 1. The monoisotopic (exact) mass is 545 g/mol. The van der Waals surface area contributed by atoms with Crippen molar-refractivity contribution in [1.82, 2.24) is 10.2 Å². The zero-order valence-electron chi connectivity index (χ0n) is 20.9. The lowest BCUT2D eigenvalue weighted by molar-refractivity contribution is -0.125. The van der Waals surface area contributed by atoms with Crippen LogP contribution in [0.2, 0.25) is 10.0 Å². The summed E-state index contributed by atoms with van der Waals surface area (Å²) in [7, 11) is 0. The fourth-order valence-corrected chi connectivity index (χ4v) is 5.14. The molecule has 37 heavy (non-hydrogen) atoms. The molecule has 1 amide bonds. The molecule has 1 saturated heterocycles. The Hall–Kier alpha value is -2.51. The lowest BCUT2D eigenvalue weighted by Gasteiger charge is -2.47. The first-order valence-corrected chi connectivity index (χ1v) is 13.0. The van der Waals surface area contributed by atoms with E-state index in [4.69, 9.17) is 28.9 Å². The maximum absolute atomic E-state index is 14.1. The average Bonchev–Trinajstić information content (AvgIpc) is 2.78. The van der Waals surface area contributed by atoms with E-state index in [0.29, 0.717) is 41.7 Å². The second kappa shape index (κ2) is 11.5. The predicted octanol–water partition coefficient (Wildman–Crippen LogP) is 6.32. The Morgan fingerprint density at radius 2 is 1.43 bits per heavy atom. The Labute approximate surface area is 226 Å². The standard InChI is InChI=1S/C29H31Cl2F2N3O/c1-29(2,34)11-12-35-28(37)26(20-13-24(32)15-25(33)14-20)21-16-36(17-21)27(18-3-7-22(30)8-4-18)19-5-9-23(31)10-6-19/h3-10,13-15,21,26-27H,11-12,16-17,34H2,1-2H3,(H,35,37)/t26-/m1/s1. The van der Waals surface area contributed by atoms with Gasteiger partial charge in [0, 0.05) is 47.2 Å². The number of nitrogens with two attached hydrogens (primary N) is 1. The molecule has 0 bridgehead atoms. The number of nitrogens with one attached hydrogen (secondary N) is 1. The third-order valence-electron chi connectivity index (χ3n) is 6.74. The Balaban J connectivity index is 1.58. The zero-order valence-corrected chi connectivity index (χ0v) is 22.4. The molecular formula is C29H31Cl2F2N3O. The fourth-order valence-electron chi connectivity index (χ4n) is 4.88. The van der Waals surface area contributed by atoms with E-state index in [0.717, 1.165) is 17.2 Å². The number of likely N-dealkylation sites (tertiary alicyclic amines) is 1. The van der Waals surface area contributed by atoms with E-state index < -0.39 is 23.1 Å². The minimum Gasteiger partial charge on any atom is -0.355 e. The summed E-state index contributed by atoms with van der Waals surface area (Å²) in [6, 6.07) is 18.6. The third kappa shape index (κ3) is 7.08. The highest BCUT2D eigenvalue weighted by molar-refractivity contribution is 6.30. The second-order valence-electron chi connectivity index (χ2n) is 10.4. The molecule has 1 aliphatic rings. The van der Waals surface area contributed by atoms with Crippen molar-refractivity contribution >= 4 is 29.1 Å². The summed E-state index contributed by atoms with van der Waals surface area (Å²) in [5.74, 6) is -2.49. The van der Waals surface area contributed by atoms with Crippen LogP contribution in [0.25, 0.3) is 0 Å². The number of nitrogens with zero attached hydrogens (tertiary/aromatic N) is 1. The van der Waals surface area contributed by atoms with Crippen LogP contribution < -0.4 is 11.1 Å². The lowest BCUT2D eigenvalue weighted by atomic mass is 9.78. The highest BCUT2D eigenvalue weighted by atomic mass is 35.5. The van der Waals surface area contributed by atoms with Gasteiger partial charge in [0.2, 0.25) is 5.91 Å². The number of rotatable bonds is 9. The molecule has 4 rings (SSSR count). The second-order valence-corrected chi connectivity index (χ2v) is 11.3. The first-order chi connectivity index (χ1) is 17.5. The van der Waals surface area contributed by atoms with Crippen molar-refractivity contribution in [3.8, 4) is 0 Å². The van der Waals surface area contributed by atoms with Crippen molar-refractivity contribution in [1.29, 1.82) is 0 Å². The highest BCUT2D eigenvalue weighted by Crippen LogP contribution is 2.40.